The largest absolute Gasteiger partial charge is 0.494 e. The summed E-state index contributed by atoms with van der Waals surface area (Å²) < 4.78 is 5.47. The number of carbonyl (C=O) groups is 1. The minimum atomic E-state index is 0.0494. The predicted molar refractivity (Wildman–Crippen MR) is 106 cm³/mol. The quantitative estimate of drug-likeness (QED) is 0.782. The van der Waals surface area contributed by atoms with Gasteiger partial charge in [0.1, 0.15) is 10.8 Å². The summed E-state index contributed by atoms with van der Waals surface area (Å²) in [4.78, 5) is 16.9. The first-order chi connectivity index (χ1) is 12.6. The Labute approximate surface area is 159 Å². The number of nitrogens with one attached hydrogen (secondary N) is 2. The van der Waals surface area contributed by atoms with Crippen LogP contribution in [0.3, 0.4) is 0 Å². The minimum absolute atomic E-state index is 0.0494. The molecule has 3 rings (SSSR count). The van der Waals surface area contributed by atoms with E-state index in [-0.39, 0.29) is 11.3 Å². The maximum atomic E-state index is 12.3. The third-order valence-corrected chi connectivity index (χ3v) is 5.77. The fourth-order valence-electron chi connectivity index (χ4n) is 3.13. The third-order valence-electron chi connectivity index (χ3n) is 4.83. The number of rotatable bonds is 7. The summed E-state index contributed by atoms with van der Waals surface area (Å²) in [6.45, 7) is 7.68. The number of nitrogens with zero attached hydrogens (tertiary/aromatic N) is 1. The zero-order valence-corrected chi connectivity index (χ0v) is 16.3. The minimum Gasteiger partial charge on any atom is -0.494 e. The number of hydrogen-bond acceptors (Lipinski definition) is 5. The molecule has 1 aromatic heterocycles. The van der Waals surface area contributed by atoms with Gasteiger partial charge in [0.25, 0.3) is 0 Å². The van der Waals surface area contributed by atoms with Crippen LogP contribution < -0.4 is 15.4 Å². The lowest BCUT2D eigenvalue weighted by atomic mass is 9.81. The number of thiazole rings is 1. The van der Waals surface area contributed by atoms with Crippen molar-refractivity contribution in [2.75, 3.05) is 26.2 Å². The Kier molecular flexibility index (Phi) is 6.27. The number of piperidine rings is 1. The molecule has 0 radical (unpaired) electrons. The molecule has 1 amide bonds. The molecule has 0 unspecified atom stereocenters. The van der Waals surface area contributed by atoms with Crippen LogP contribution in [0, 0.1) is 5.41 Å². The molecule has 0 atom stereocenters. The summed E-state index contributed by atoms with van der Waals surface area (Å²) in [5, 5.41) is 9.36. The molecule has 2 N–H and O–H groups in total. The standard InChI is InChI=1S/C20H27N3O2S/c1-3-25-17-6-4-15(5-7-17)19-23-16(13-26-19)12-18(24)22-14-20(2)8-10-21-11-9-20/h4-7,13,21H,3,8-12,14H2,1-2H3,(H,22,24). The van der Waals surface area contributed by atoms with Crippen molar-refractivity contribution in [2.45, 2.75) is 33.1 Å². The molecule has 5 nitrogen and oxygen atoms in total. The Morgan fingerprint density at radius 2 is 2.04 bits per heavy atom. The fourth-order valence-corrected chi connectivity index (χ4v) is 3.95. The molecule has 6 heteroatoms. The van der Waals surface area contributed by atoms with E-state index in [1.54, 1.807) is 11.3 Å². The Hall–Kier alpha value is -1.92. The van der Waals surface area contributed by atoms with Crippen LogP contribution in [0.4, 0.5) is 0 Å². The molecule has 0 aliphatic carbocycles. The smallest absolute Gasteiger partial charge is 0.226 e. The Morgan fingerprint density at radius 1 is 1.31 bits per heavy atom. The normalized spacial score (nSPS) is 16.2. The van der Waals surface area contributed by atoms with Gasteiger partial charge in [-0.3, -0.25) is 4.79 Å². The monoisotopic (exact) mass is 373 g/mol. The van der Waals surface area contributed by atoms with Crippen molar-refractivity contribution in [3.8, 4) is 16.3 Å². The van der Waals surface area contributed by atoms with E-state index in [1.807, 2.05) is 36.6 Å². The second-order valence-corrected chi connectivity index (χ2v) is 7.97. The van der Waals surface area contributed by atoms with Crippen LogP contribution in [0.2, 0.25) is 0 Å². The van der Waals surface area contributed by atoms with Crippen LogP contribution >= 0.6 is 11.3 Å². The Balaban J connectivity index is 1.53. The fraction of sp³-hybridized carbons (Fsp3) is 0.500. The molecule has 0 saturated carbocycles. The first kappa shape index (κ1) is 18.9. The lowest BCUT2D eigenvalue weighted by Crippen LogP contribution is -2.43. The average molecular weight is 374 g/mol. The van der Waals surface area contributed by atoms with Gasteiger partial charge in [-0.2, -0.15) is 0 Å². The van der Waals surface area contributed by atoms with E-state index in [4.69, 9.17) is 4.74 Å². The van der Waals surface area contributed by atoms with Crippen LogP contribution in [-0.2, 0) is 11.2 Å². The summed E-state index contributed by atoms with van der Waals surface area (Å²) >= 11 is 1.57. The van der Waals surface area contributed by atoms with Gasteiger partial charge in [0, 0.05) is 17.5 Å². The Morgan fingerprint density at radius 3 is 2.73 bits per heavy atom. The van der Waals surface area contributed by atoms with Crippen LogP contribution in [0.1, 0.15) is 32.4 Å². The van der Waals surface area contributed by atoms with E-state index in [0.717, 1.165) is 54.5 Å². The highest BCUT2D eigenvalue weighted by atomic mass is 32.1. The topological polar surface area (TPSA) is 63.2 Å². The van der Waals surface area contributed by atoms with Crippen molar-refractivity contribution < 1.29 is 9.53 Å². The maximum Gasteiger partial charge on any atom is 0.226 e. The van der Waals surface area contributed by atoms with Crippen LogP contribution in [-0.4, -0.2) is 37.1 Å². The molecule has 140 valence electrons. The molecule has 1 fully saturated rings. The molecule has 1 aromatic carbocycles. The molecular weight excluding hydrogens is 346 g/mol. The molecule has 0 spiro atoms. The van der Waals surface area contributed by atoms with Crippen molar-refractivity contribution in [3.05, 3.63) is 35.3 Å². The molecule has 1 aliphatic rings. The summed E-state index contributed by atoms with van der Waals surface area (Å²) in [7, 11) is 0. The zero-order valence-electron chi connectivity index (χ0n) is 15.5. The third kappa shape index (κ3) is 5.05. The highest BCUT2D eigenvalue weighted by molar-refractivity contribution is 7.13. The molecule has 1 aliphatic heterocycles. The van der Waals surface area contributed by atoms with Crippen molar-refractivity contribution in [1.29, 1.82) is 0 Å². The summed E-state index contributed by atoms with van der Waals surface area (Å²) in [5.41, 5.74) is 2.08. The summed E-state index contributed by atoms with van der Waals surface area (Å²) in [6, 6.07) is 7.91. The maximum absolute atomic E-state index is 12.3. The average Bonchev–Trinajstić information content (AvgIpc) is 3.10. The first-order valence-electron chi connectivity index (χ1n) is 9.23. The number of benzene rings is 1. The van der Waals surface area contributed by atoms with Gasteiger partial charge in [-0.15, -0.1) is 11.3 Å². The van der Waals surface area contributed by atoms with Crippen LogP contribution in [0.25, 0.3) is 10.6 Å². The number of ether oxygens (including phenoxy) is 1. The van der Waals surface area contributed by atoms with E-state index < -0.39 is 0 Å². The number of aromatic nitrogens is 1. The van der Waals surface area contributed by atoms with Crippen molar-refractivity contribution >= 4 is 17.2 Å². The Bertz CT molecular complexity index is 721. The van der Waals surface area contributed by atoms with E-state index >= 15 is 0 Å². The highest BCUT2D eigenvalue weighted by Crippen LogP contribution is 2.27. The van der Waals surface area contributed by atoms with E-state index in [9.17, 15) is 4.79 Å². The number of hydrogen-bond donors (Lipinski definition) is 2. The van der Waals surface area contributed by atoms with Gasteiger partial charge in [0.2, 0.25) is 5.91 Å². The van der Waals surface area contributed by atoms with Gasteiger partial charge in [0.15, 0.2) is 0 Å². The van der Waals surface area contributed by atoms with Gasteiger partial charge >= 0.3 is 0 Å². The highest BCUT2D eigenvalue weighted by Gasteiger charge is 2.27. The van der Waals surface area contributed by atoms with Gasteiger partial charge in [-0.1, -0.05) is 6.92 Å². The van der Waals surface area contributed by atoms with Crippen molar-refractivity contribution in [3.63, 3.8) is 0 Å². The SMILES string of the molecule is CCOc1ccc(-c2nc(CC(=O)NCC3(C)CCNCC3)cs2)cc1. The lowest BCUT2D eigenvalue weighted by Gasteiger charge is -2.34. The van der Waals surface area contributed by atoms with Gasteiger partial charge < -0.3 is 15.4 Å². The summed E-state index contributed by atoms with van der Waals surface area (Å²) in [6.07, 6.45) is 2.54. The van der Waals surface area contributed by atoms with Crippen LogP contribution in [0.15, 0.2) is 29.6 Å². The van der Waals surface area contributed by atoms with Gasteiger partial charge in [-0.25, -0.2) is 4.98 Å². The van der Waals surface area contributed by atoms with Crippen molar-refractivity contribution in [2.24, 2.45) is 5.41 Å². The van der Waals surface area contributed by atoms with E-state index in [2.05, 4.69) is 22.5 Å². The molecule has 2 aromatic rings. The molecule has 1 saturated heterocycles. The first-order valence-corrected chi connectivity index (χ1v) is 10.1. The number of carbonyl (C=O) groups excluding carboxylic acids is 1. The molecule has 2 heterocycles. The number of amides is 1. The lowest BCUT2D eigenvalue weighted by molar-refractivity contribution is -0.121. The molecule has 26 heavy (non-hydrogen) atoms. The second kappa shape index (κ2) is 8.64. The second-order valence-electron chi connectivity index (χ2n) is 7.12. The van der Waals surface area contributed by atoms with Gasteiger partial charge in [0.05, 0.1) is 18.7 Å². The van der Waals surface area contributed by atoms with Gasteiger partial charge in [-0.05, 0) is 62.5 Å². The molecular formula is C20H27N3O2S. The predicted octanol–water partition coefficient (Wildman–Crippen LogP) is 3.26. The van der Waals surface area contributed by atoms with Crippen LogP contribution in [0.5, 0.6) is 5.75 Å². The molecule has 0 bridgehead atoms. The zero-order chi connectivity index (χ0) is 18.4. The summed E-state index contributed by atoms with van der Waals surface area (Å²) in [5.74, 6) is 0.909. The van der Waals surface area contributed by atoms with E-state index in [1.165, 1.54) is 0 Å². The van der Waals surface area contributed by atoms with Crippen molar-refractivity contribution in [1.82, 2.24) is 15.6 Å². The van der Waals surface area contributed by atoms with E-state index in [0.29, 0.717) is 13.0 Å².